The van der Waals surface area contributed by atoms with Gasteiger partial charge in [0.15, 0.2) is 0 Å². The highest BCUT2D eigenvalue weighted by Gasteiger charge is 2.38. The Labute approximate surface area is 91.6 Å². The summed E-state index contributed by atoms with van der Waals surface area (Å²) in [5, 5.41) is 1.75. The quantitative estimate of drug-likeness (QED) is 0.794. The average molecular weight is 315 g/mol. The van der Waals surface area contributed by atoms with Gasteiger partial charge < -0.3 is 5.32 Å². The summed E-state index contributed by atoms with van der Waals surface area (Å²) in [6, 6.07) is 6.12. The Morgan fingerprint density at radius 1 is 1.36 bits per heavy atom. The Hall–Kier alpha value is -0.790. The van der Waals surface area contributed by atoms with Crippen LogP contribution in [-0.2, 0) is 4.79 Å². The van der Waals surface area contributed by atoms with Crippen LogP contribution in [-0.4, -0.2) is 12.1 Å². The molecule has 0 bridgehead atoms. The molecule has 1 rings (SSSR count). The Morgan fingerprint density at radius 2 is 2.00 bits per heavy atom. The van der Waals surface area contributed by atoms with Crippen molar-refractivity contribution in [1.82, 2.24) is 0 Å². The molecule has 0 heterocycles. The van der Waals surface area contributed by atoms with E-state index in [1.807, 2.05) is 22.6 Å². The zero-order chi connectivity index (χ0) is 10.8. The van der Waals surface area contributed by atoms with Crippen LogP contribution in [0, 0.1) is 3.57 Å². The second-order valence-corrected chi connectivity index (χ2v) is 3.71. The van der Waals surface area contributed by atoms with Crippen LogP contribution >= 0.6 is 22.6 Å². The molecule has 0 saturated heterocycles. The minimum absolute atomic E-state index is 0.138. The topological polar surface area (TPSA) is 29.1 Å². The molecule has 14 heavy (non-hydrogen) atoms. The second kappa shape index (κ2) is 4.16. The van der Waals surface area contributed by atoms with Gasteiger partial charge in [-0.3, -0.25) is 4.79 Å². The fourth-order valence-electron chi connectivity index (χ4n) is 0.768. The first kappa shape index (κ1) is 11.3. The smallest absolute Gasteiger partial charge is 0.318 e. The van der Waals surface area contributed by atoms with E-state index in [2.05, 4.69) is 0 Å². The van der Waals surface area contributed by atoms with Crippen LogP contribution in [0.2, 0.25) is 0 Å². The first-order chi connectivity index (χ1) is 6.39. The van der Waals surface area contributed by atoms with Gasteiger partial charge in [0.25, 0.3) is 0 Å². The Morgan fingerprint density at radius 3 is 2.50 bits per heavy atom. The van der Waals surface area contributed by atoms with Gasteiger partial charge in [0.2, 0.25) is 0 Å². The summed E-state index contributed by atoms with van der Waals surface area (Å²) in [5.74, 6) is -1.96. The summed E-state index contributed by atoms with van der Waals surface area (Å²) in [4.78, 5) is 10.5. The fourth-order valence-corrected chi connectivity index (χ4v) is 1.31. The van der Waals surface area contributed by atoms with Crippen molar-refractivity contribution < 1.29 is 18.0 Å². The van der Waals surface area contributed by atoms with E-state index in [1.54, 1.807) is 17.4 Å². The van der Waals surface area contributed by atoms with Gasteiger partial charge in [-0.1, -0.05) is 6.07 Å². The van der Waals surface area contributed by atoms with Crippen molar-refractivity contribution in [2.24, 2.45) is 0 Å². The lowest BCUT2D eigenvalue weighted by atomic mass is 10.3. The predicted octanol–water partition coefficient (Wildman–Crippen LogP) is 2.79. The maximum atomic E-state index is 11.8. The van der Waals surface area contributed by atoms with E-state index in [1.165, 1.54) is 12.1 Å². The molecule has 1 amide bonds. The number of carbonyl (C=O) groups excluding carboxylic acids is 1. The summed E-state index contributed by atoms with van der Waals surface area (Å²) in [5.41, 5.74) is 0.138. The van der Waals surface area contributed by atoms with Crippen LogP contribution in [0.5, 0.6) is 0 Å². The van der Waals surface area contributed by atoms with Crippen LogP contribution in [0.15, 0.2) is 24.3 Å². The number of nitrogens with one attached hydrogen (secondary N) is 1. The molecule has 1 aromatic carbocycles. The third-order valence-electron chi connectivity index (χ3n) is 1.34. The summed E-state index contributed by atoms with van der Waals surface area (Å²) in [6.45, 7) is 0. The third kappa shape index (κ3) is 3.17. The average Bonchev–Trinajstić information content (AvgIpc) is 2.02. The first-order valence-corrected chi connectivity index (χ1v) is 4.61. The molecule has 0 aliphatic carbocycles. The molecule has 1 N–H and O–H groups in total. The molecule has 1 aromatic rings. The van der Waals surface area contributed by atoms with Gasteiger partial charge in [-0.25, -0.2) is 0 Å². The van der Waals surface area contributed by atoms with Crippen molar-refractivity contribution in [2.75, 3.05) is 5.32 Å². The number of hydrogen-bond acceptors (Lipinski definition) is 1. The van der Waals surface area contributed by atoms with Gasteiger partial charge in [-0.2, -0.15) is 13.2 Å². The molecule has 76 valence electrons. The van der Waals surface area contributed by atoms with Crippen LogP contribution in [0.4, 0.5) is 18.9 Å². The zero-order valence-corrected chi connectivity index (χ0v) is 8.89. The Kier molecular flexibility index (Phi) is 3.35. The molecule has 6 heteroatoms. The van der Waals surface area contributed by atoms with Crippen LogP contribution in [0.1, 0.15) is 0 Å². The predicted molar refractivity (Wildman–Crippen MR) is 53.8 cm³/mol. The highest BCUT2D eigenvalue weighted by Crippen LogP contribution is 2.19. The molecule has 0 fully saturated rings. The molecular formula is C8H5F3INO. The summed E-state index contributed by atoms with van der Waals surface area (Å²) < 4.78 is 36.2. The summed E-state index contributed by atoms with van der Waals surface area (Å²) >= 11 is 1.94. The number of halogens is 4. The van der Waals surface area contributed by atoms with Gasteiger partial charge in [0, 0.05) is 9.26 Å². The molecule has 2 nitrogen and oxygen atoms in total. The van der Waals surface area contributed by atoms with Crippen molar-refractivity contribution in [3.8, 4) is 0 Å². The first-order valence-electron chi connectivity index (χ1n) is 3.53. The van der Waals surface area contributed by atoms with Crippen molar-refractivity contribution in [3.05, 3.63) is 27.8 Å². The van der Waals surface area contributed by atoms with Gasteiger partial charge in [-0.05, 0) is 40.8 Å². The molecule has 0 aliphatic rings. The van der Waals surface area contributed by atoms with Gasteiger partial charge >= 0.3 is 12.1 Å². The van der Waals surface area contributed by atoms with Gasteiger partial charge in [-0.15, -0.1) is 0 Å². The molecule has 0 aromatic heterocycles. The van der Waals surface area contributed by atoms with E-state index >= 15 is 0 Å². The second-order valence-electron chi connectivity index (χ2n) is 2.46. The number of hydrogen-bond donors (Lipinski definition) is 1. The van der Waals surface area contributed by atoms with Crippen molar-refractivity contribution in [1.29, 1.82) is 0 Å². The molecule has 0 radical (unpaired) electrons. The Bertz CT molecular complexity index is 351. The lowest BCUT2D eigenvalue weighted by molar-refractivity contribution is -0.167. The fraction of sp³-hybridized carbons (Fsp3) is 0.125. The maximum absolute atomic E-state index is 11.8. The number of benzene rings is 1. The SMILES string of the molecule is O=C(Nc1cccc(I)c1)C(F)(F)F. The lowest BCUT2D eigenvalue weighted by Crippen LogP contribution is -2.29. The monoisotopic (exact) mass is 315 g/mol. The number of amides is 1. The largest absolute Gasteiger partial charge is 0.471 e. The molecular weight excluding hydrogens is 310 g/mol. The van der Waals surface area contributed by atoms with E-state index in [9.17, 15) is 18.0 Å². The normalized spacial score (nSPS) is 11.1. The van der Waals surface area contributed by atoms with Crippen LogP contribution in [0.25, 0.3) is 0 Å². The maximum Gasteiger partial charge on any atom is 0.471 e. The minimum atomic E-state index is -4.85. The number of alkyl halides is 3. The summed E-state index contributed by atoms with van der Waals surface area (Å²) in [6.07, 6.45) is -4.85. The number of carbonyl (C=O) groups is 1. The van der Waals surface area contributed by atoms with E-state index in [0.29, 0.717) is 0 Å². The molecule has 0 saturated carbocycles. The van der Waals surface area contributed by atoms with E-state index in [0.717, 1.165) is 3.57 Å². The third-order valence-corrected chi connectivity index (χ3v) is 2.01. The van der Waals surface area contributed by atoms with Crippen molar-refractivity contribution in [2.45, 2.75) is 6.18 Å². The molecule has 0 unspecified atom stereocenters. The number of rotatable bonds is 1. The zero-order valence-electron chi connectivity index (χ0n) is 6.73. The highest BCUT2D eigenvalue weighted by molar-refractivity contribution is 14.1. The van der Waals surface area contributed by atoms with E-state index < -0.39 is 12.1 Å². The van der Waals surface area contributed by atoms with Crippen molar-refractivity contribution >= 4 is 34.2 Å². The standard InChI is InChI=1S/C8H5F3INO/c9-8(10,11)7(14)13-6-3-1-2-5(12)4-6/h1-4H,(H,13,14). The Balaban J connectivity index is 2.75. The molecule has 0 aliphatic heterocycles. The van der Waals surface area contributed by atoms with Crippen LogP contribution in [0.3, 0.4) is 0 Å². The van der Waals surface area contributed by atoms with E-state index in [4.69, 9.17) is 0 Å². The number of anilines is 1. The minimum Gasteiger partial charge on any atom is -0.318 e. The van der Waals surface area contributed by atoms with Gasteiger partial charge in [0.05, 0.1) is 0 Å². The van der Waals surface area contributed by atoms with Gasteiger partial charge in [0.1, 0.15) is 0 Å². The lowest BCUT2D eigenvalue weighted by Gasteiger charge is -2.07. The molecule has 0 atom stereocenters. The van der Waals surface area contributed by atoms with Crippen molar-refractivity contribution in [3.63, 3.8) is 0 Å². The van der Waals surface area contributed by atoms with Crippen LogP contribution < -0.4 is 5.32 Å². The molecule has 0 spiro atoms. The summed E-state index contributed by atoms with van der Waals surface area (Å²) in [7, 11) is 0. The highest BCUT2D eigenvalue weighted by atomic mass is 127. The van der Waals surface area contributed by atoms with E-state index in [-0.39, 0.29) is 5.69 Å².